The maximum Gasteiger partial charge on any atom is 0.314 e. The highest BCUT2D eigenvalue weighted by Gasteiger charge is 2.76. The van der Waals surface area contributed by atoms with Crippen molar-refractivity contribution in [1.29, 1.82) is 0 Å². The highest BCUT2D eigenvalue weighted by molar-refractivity contribution is 7.80. The first-order valence-electron chi connectivity index (χ1n) is 8.61. The van der Waals surface area contributed by atoms with E-state index < -0.39 is 21.9 Å². The van der Waals surface area contributed by atoms with E-state index in [1.54, 1.807) is 25.2 Å². The number of ether oxygens (including phenoxy) is 1. The van der Waals surface area contributed by atoms with Gasteiger partial charge < -0.3 is 15.0 Å². The number of hydrogen-bond acceptors (Lipinski definition) is 5. The zero-order valence-corrected chi connectivity index (χ0v) is 16.2. The summed E-state index contributed by atoms with van der Waals surface area (Å²) in [5.74, 6) is -0.723. The number of anilines is 1. The van der Waals surface area contributed by atoms with Crippen molar-refractivity contribution in [2.24, 2.45) is 0 Å². The molecule has 5 rings (SSSR count). The summed E-state index contributed by atoms with van der Waals surface area (Å²) < 4.78 is 5.73. The molecule has 9 heteroatoms. The van der Waals surface area contributed by atoms with E-state index in [0.717, 1.165) is 0 Å². The van der Waals surface area contributed by atoms with E-state index in [-0.39, 0.29) is 17.5 Å². The second kappa shape index (κ2) is 5.42. The van der Waals surface area contributed by atoms with Crippen LogP contribution in [0.3, 0.4) is 0 Å². The molecule has 2 aromatic carbocycles. The Morgan fingerprint density at radius 1 is 1.36 bits per heavy atom. The Kier molecular flexibility index (Phi) is 3.37. The van der Waals surface area contributed by atoms with E-state index >= 15 is 0 Å². The molecule has 1 fully saturated rings. The maximum absolute atomic E-state index is 13.6. The van der Waals surface area contributed by atoms with Crippen LogP contribution in [0, 0.1) is 10.1 Å². The molecule has 0 aromatic heterocycles. The highest BCUT2D eigenvalue weighted by atomic mass is 35.5. The number of amides is 1. The van der Waals surface area contributed by atoms with Crippen LogP contribution in [0.25, 0.3) is 0 Å². The molecule has 0 unspecified atom stereocenters. The van der Waals surface area contributed by atoms with Gasteiger partial charge in [0.05, 0.1) is 0 Å². The Morgan fingerprint density at radius 3 is 2.86 bits per heavy atom. The van der Waals surface area contributed by atoms with Gasteiger partial charge in [0.15, 0.2) is 17.1 Å². The van der Waals surface area contributed by atoms with E-state index in [0.29, 0.717) is 27.6 Å². The lowest BCUT2D eigenvalue weighted by molar-refractivity contribution is -0.554. The van der Waals surface area contributed by atoms with Gasteiger partial charge in [-0.15, -0.1) is 0 Å². The molecule has 0 aliphatic carbocycles. The van der Waals surface area contributed by atoms with Crippen LogP contribution < -0.4 is 15.0 Å². The van der Waals surface area contributed by atoms with Crippen LogP contribution in [0.1, 0.15) is 17.0 Å². The fraction of sp³-hybridized carbons (Fsp3) is 0.263. The molecule has 3 heterocycles. The molecule has 7 nitrogen and oxygen atoms in total. The lowest BCUT2D eigenvalue weighted by atomic mass is 9.68. The Bertz CT molecular complexity index is 1090. The molecular formula is C19H14ClN3O4S. The minimum Gasteiger partial charge on any atom is -0.485 e. The molecule has 1 N–H and O–H groups in total. The van der Waals surface area contributed by atoms with Crippen LogP contribution in [-0.2, 0) is 10.3 Å². The summed E-state index contributed by atoms with van der Waals surface area (Å²) in [7, 11) is 1.66. The van der Waals surface area contributed by atoms with E-state index in [1.807, 2.05) is 24.3 Å². The predicted octanol–water partition coefficient (Wildman–Crippen LogP) is 2.63. The lowest BCUT2D eigenvalue weighted by Crippen LogP contribution is -2.57. The quantitative estimate of drug-likeness (QED) is 0.438. The van der Waals surface area contributed by atoms with Crippen molar-refractivity contribution < 1.29 is 14.5 Å². The van der Waals surface area contributed by atoms with Gasteiger partial charge in [-0.05, 0) is 24.3 Å². The van der Waals surface area contributed by atoms with Crippen molar-refractivity contribution in [2.45, 2.75) is 17.0 Å². The number of nitrogens with zero attached hydrogens (tertiary/aromatic N) is 2. The molecule has 3 aliphatic heterocycles. The fourth-order valence-electron chi connectivity index (χ4n) is 4.78. The third kappa shape index (κ3) is 1.80. The minimum absolute atomic E-state index is 0.00780. The third-order valence-electron chi connectivity index (χ3n) is 6.00. The van der Waals surface area contributed by atoms with Gasteiger partial charge in [0.25, 0.3) is 5.91 Å². The summed E-state index contributed by atoms with van der Waals surface area (Å²) in [6, 6.07) is 12.2. The van der Waals surface area contributed by atoms with Crippen molar-refractivity contribution in [3.63, 3.8) is 0 Å². The van der Waals surface area contributed by atoms with Crippen LogP contribution in [0.15, 0.2) is 42.5 Å². The predicted molar refractivity (Wildman–Crippen MR) is 107 cm³/mol. The van der Waals surface area contributed by atoms with E-state index in [9.17, 15) is 14.9 Å². The molecule has 3 atom stereocenters. The first kappa shape index (κ1) is 17.4. The van der Waals surface area contributed by atoms with Gasteiger partial charge in [-0.1, -0.05) is 42.0 Å². The number of carbonyl (C=O) groups excluding carboxylic acids is 1. The molecule has 0 bridgehead atoms. The number of benzene rings is 2. The SMILES string of the molecule is CN1C(=O)[C@]2(NC(=S)[C@@]3([N+](=O)[O-])COc4ccc(Cl)cc4[C@H]32)c2ccccc21. The Morgan fingerprint density at radius 2 is 2.11 bits per heavy atom. The number of nitro groups is 1. The monoisotopic (exact) mass is 415 g/mol. The maximum atomic E-state index is 13.6. The molecule has 2 aromatic rings. The summed E-state index contributed by atoms with van der Waals surface area (Å²) in [5.41, 5.74) is -1.30. The summed E-state index contributed by atoms with van der Waals surface area (Å²) in [5, 5.41) is 15.8. The zero-order valence-electron chi connectivity index (χ0n) is 14.6. The summed E-state index contributed by atoms with van der Waals surface area (Å²) in [4.78, 5) is 27.0. The van der Waals surface area contributed by atoms with Crippen LogP contribution in [0.4, 0.5) is 5.69 Å². The van der Waals surface area contributed by atoms with Crippen LogP contribution in [-0.4, -0.2) is 35.0 Å². The van der Waals surface area contributed by atoms with Gasteiger partial charge in [-0.25, -0.2) is 0 Å². The molecule has 3 aliphatic rings. The van der Waals surface area contributed by atoms with Crippen LogP contribution in [0.5, 0.6) is 5.75 Å². The van der Waals surface area contributed by atoms with E-state index in [4.69, 9.17) is 28.6 Å². The molecule has 1 saturated heterocycles. The molecule has 1 amide bonds. The number of halogens is 1. The number of nitrogens with one attached hydrogen (secondary N) is 1. The largest absolute Gasteiger partial charge is 0.485 e. The van der Waals surface area contributed by atoms with Crippen molar-refractivity contribution in [1.82, 2.24) is 5.32 Å². The van der Waals surface area contributed by atoms with Gasteiger partial charge >= 0.3 is 5.54 Å². The molecule has 0 saturated carbocycles. The number of likely N-dealkylation sites (N-methyl/N-ethyl adjacent to an activating group) is 1. The third-order valence-corrected chi connectivity index (χ3v) is 6.69. The number of fused-ring (bicyclic) bond motifs is 6. The molecular weight excluding hydrogens is 402 g/mol. The number of carbonyl (C=O) groups is 1. The van der Waals surface area contributed by atoms with Crippen molar-refractivity contribution in [3.05, 3.63) is 68.7 Å². The van der Waals surface area contributed by atoms with Crippen molar-refractivity contribution in [3.8, 4) is 5.75 Å². The van der Waals surface area contributed by atoms with Gasteiger partial charge in [-0.3, -0.25) is 14.9 Å². The Balaban J connectivity index is 1.88. The lowest BCUT2D eigenvalue weighted by Gasteiger charge is -2.37. The second-order valence-corrected chi connectivity index (χ2v) is 8.07. The van der Waals surface area contributed by atoms with Crippen LogP contribution in [0.2, 0.25) is 5.02 Å². The standard InChI is InChI=1S/C19H14ClN3O4S/c1-22-13-5-3-2-4-12(13)19(17(22)24)15-11-8-10(20)6-7-14(11)27-9-18(15,23(25)26)16(28)21-19/h2-8,15H,9H2,1H3,(H,21,28)/t15-,18-,19+/m1/s1. The first-order chi connectivity index (χ1) is 13.3. The first-order valence-corrected chi connectivity index (χ1v) is 9.39. The van der Waals surface area contributed by atoms with Gasteiger partial charge in [-0.2, -0.15) is 0 Å². The molecule has 142 valence electrons. The van der Waals surface area contributed by atoms with Gasteiger partial charge in [0.1, 0.15) is 11.7 Å². The fourth-order valence-corrected chi connectivity index (χ4v) is 5.37. The normalized spacial score (nSPS) is 29.8. The minimum atomic E-state index is -1.76. The zero-order chi connectivity index (χ0) is 19.8. The molecule has 28 heavy (non-hydrogen) atoms. The number of hydrogen-bond donors (Lipinski definition) is 1. The summed E-state index contributed by atoms with van der Waals surface area (Å²) in [6.45, 7) is -0.258. The molecule has 0 radical (unpaired) electrons. The molecule has 1 spiro atoms. The number of thiocarbonyl (C=S) groups is 1. The Labute approximate surface area is 170 Å². The van der Waals surface area contributed by atoms with Crippen molar-refractivity contribution in [2.75, 3.05) is 18.6 Å². The number of rotatable bonds is 1. The number of para-hydroxylation sites is 1. The van der Waals surface area contributed by atoms with Gasteiger partial charge in [0.2, 0.25) is 0 Å². The van der Waals surface area contributed by atoms with E-state index in [1.165, 1.54) is 4.90 Å². The second-order valence-electron chi connectivity index (χ2n) is 7.23. The smallest absolute Gasteiger partial charge is 0.314 e. The summed E-state index contributed by atoms with van der Waals surface area (Å²) in [6.07, 6.45) is 0. The average molecular weight is 416 g/mol. The average Bonchev–Trinajstić information content (AvgIpc) is 3.08. The van der Waals surface area contributed by atoms with Crippen LogP contribution >= 0.6 is 23.8 Å². The van der Waals surface area contributed by atoms with E-state index in [2.05, 4.69) is 5.32 Å². The van der Waals surface area contributed by atoms with Crippen molar-refractivity contribution >= 4 is 40.4 Å². The van der Waals surface area contributed by atoms with Gasteiger partial charge in [0, 0.05) is 33.8 Å². The summed E-state index contributed by atoms with van der Waals surface area (Å²) >= 11 is 11.7. The topological polar surface area (TPSA) is 84.7 Å². The Hall–Kier alpha value is -2.71. The highest BCUT2D eigenvalue weighted by Crippen LogP contribution is 2.59.